The maximum absolute atomic E-state index is 14.3. The highest BCUT2D eigenvalue weighted by atomic mass is 28.4. The Morgan fingerprint density at radius 3 is 2.34 bits per heavy atom. The molecule has 2 fully saturated rings. The third-order valence-electron chi connectivity index (χ3n) is 10.5. The highest BCUT2D eigenvalue weighted by Gasteiger charge is 2.41. The van der Waals surface area contributed by atoms with Crippen molar-refractivity contribution in [3.8, 4) is 17.1 Å². The zero-order valence-corrected chi connectivity index (χ0v) is 28.7. The van der Waals surface area contributed by atoms with Gasteiger partial charge in [0.05, 0.1) is 7.11 Å². The van der Waals surface area contributed by atoms with Crippen molar-refractivity contribution in [1.82, 2.24) is 20.6 Å². The van der Waals surface area contributed by atoms with Gasteiger partial charge in [0.2, 0.25) is 11.7 Å². The van der Waals surface area contributed by atoms with Crippen molar-refractivity contribution in [2.45, 2.75) is 109 Å². The Balaban J connectivity index is 1.29. The Labute approximate surface area is 264 Å². The molecule has 2 aromatic carbocycles. The zero-order valence-electron chi connectivity index (χ0n) is 27.7. The number of ether oxygens (including phenoxy) is 1. The van der Waals surface area contributed by atoms with E-state index in [2.05, 4.69) is 90.6 Å². The molecule has 0 aliphatic heterocycles. The second-order valence-corrected chi connectivity index (χ2v) is 19.3. The lowest BCUT2D eigenvalue weighted by molar-refractivity contribution is -0.124. The third kappa shape index (κ3) is 7.42. The summed E-state index contributed by atoms with van der Waals surface area (Å²) in [7, 11) is -0.109. The molecular formula is C35H51N5O3Si. The number of methoxy groups -OCH3 is 1. The highest BCUT2D eigenvalue weighted by Crippen LogP contribution is 2.41. The summed E-state index contributed by atoms with van der Waals surface area (Å²) in [5.74, 6) is 2.76. The first-order chi connectivity index (χ1) is 20.9. The van der Waals surface area contributed by atoms with Crippen molar-refractivity contribution >= 4 is 19.9 Å². The minimum atomic E-state index is -1.84. The van der Waals surface area contributed by atoms with Gasteiger partial charge in [-0.25, -0.2) is 0 Å². The molecule has 1 N–H and O–H groups in total. The molecule has 44 heavy (non-hydrogen) atoms. The summed E-state index contributed by atoms with van der Waals surface area (Å²) in [5, 5.41) is 14.8. The Morgan fingerprint density at radius 1 is 1.00 bits per heavy atom. The van der Waals surface area contributed by atoms with E-state index in [0.717, 1.165) is 74.9 Å². The number of hydrogen-bond acceptors (Lipinski definition) is 6. The zero-order chi connectivity index (χ0) is 31.5. The van der Waals surface area contributed by atoms with E-state index in [1.165, 1.54) is 11.1 Å². The van der Waals surface area contributed by atoms with E-state index < -0.39 is 8.32 Å². The van der Waals surface area contributed by atoms with E-state index in [1.54, 1.807) is 7.11 Å². The predicted octanol–water partition coefficient (Wildman–Crippen LogP) is 8.07. The number of rotatable bonds is 9. The molecule has 2 aliphatic rings. The molecule has 1 aromatic heterocycles. The van der Waals surface area contributed by atoms with Crippen LogP contribution in [0.5, 0.6) is 5.75 Å². The molecule has 238 valence electrons. The van der Waals surface area contributed by atoms with Crippen LogP contribution in [-0.2, 0) is 9.22 Å². The van der Waals surface area contributed by atoms with E-state index in [9.17, 15) is 4.79 Å². The summed E-state index contributed by atoms with van der Waals surface area (Å²) in [6.45, 7) is 14.4. The summed E-state index contributed by atoms with van der Waals surface area (Å²) < 4.78 is 12.2. The average Bonchev–Trinajstić information content (AvgIpc) is 3.55. The largest absolute Gasteiger partial charge is 0.496 e. The molecule has 0 unspecified atom stereocenters. The van der Waals surface area contributed by atoms with E-state index in [1.807, 2.05) is 18.2 Å². The van der Waals surface area contributed by atoms with Gasteiger partial charge >= 0.3 is 0 Å². The smallest absolute Gasteiger partial charge is 0.230 e. The van der Waals surface area contributed by atoms with Crippen molar-refractivity contribution in [3.63, 3.8) is 0 Å². The summed E-state index contributed by atoms with van der Waals surface area (Å²) >= 11 is 0. The van der Waals surface area contributed by atoms with Gasteiger partial charge in [-0.1, -0.05) is 45.0 Å². The first kappa shape index (κ1) is 32.4. The van der Waals surface area contributed by atoms with Crippen LogP contribution >= 0.6 is 0 Å². The normalized spacial score (nSPS) is 22.9. The monoisotopic (exact) mass is 617 g/mol. The summed E-state index contributed by atoms with van der Waals surface area (Å²) in [6, 6.07) is 14.7. The van der Waals surface area contributed by atoms with E-state index >= 15 is 0 Å². The van der Waals surface area contributed by atoms with Crippen molar-refractivity contribution in [3.05, 3.63) is 53.6 Å². The van der Waals surface area contributed by atoms with Crippen LogP contribution in [0.3, 0.4) is 0 Å². The molecule has 0 bridgehead atoms. The number of hydrogen-bond donors (Lipinski definition) is 1. The summed E-state index contributed by atoms with van der Waals surface area (Å²) in [6.07, 6.45) is 8.40. The van der Waals surface area contributed by atoms with Crippen molar-refractivity contribution in [1.29, 1.82) is 0 Å². The number of amides is 1. The highest BCUT2D eigenvalue weighted by molar-refractivity contribution is 6.74. The van der Waals surface area contributed by atoms with Crippen molar-refractivity contribution < 1.29 is 14.0 Å². The molecule has 0 atom stereocenters. The van der Waals surface area contributed by atoms with Crippen LogP contribution in [-0.4, -0.2) is 54.6 Å². The van der Waals surface area contributed by atoms with Gasteiger partial charge in [-0.15, -0.1) is 10.2 Å². The molecule has 2 saturated carbocycles. The van der Waals surface area contributed by atoms with Gasteiger partial charge in [-0.2, -0.15) is 5.21 Å². The fourth-order valence-corrected chi connectivity index (χ4v) is 8.18. The lowest BCUT2D eigenvalue weighted by atomic mass is 9.78. The second kappa shape index (κ2) is 13.5. The van der Waals surface area contributed by atoms with Gasteiger partial charge in [-0.3, -0.25) is 4.79 Å². The quantitative estimate of drug-likeness (QED) is 0.244. The van der Waals surface area contributed by atoms with Gasteiger partial charge in [0, 0.05) is 29.8 Å². The van der Waals surface area contributed by atoms with Crippen LogP contribution in [0.25, 0.3) is 11.4 Å². The first-order valence-electron chi connectivity index (χ1n) is 16.4. The van der Waals surface area contributed by atoms with E-state index in [4.69, 9.17) is 9.16 Å². The van der Waals surface area contributed by atoms with E-state index in [-0.39, 0.29) is 23.0 Å². The van der Waals surface area contributed by atoms with Crippen LogP contribution in [0.15, 0.2) is 42.5 Å². The van der Waals surface area contributed by atoms with Gasteiger partial charge in [-0.05, 0) is 123 Å². The molecule has 1 amide bonds. The topological polar surface area (TPSA) is 93.2 Å². The Hall–Kier alpha value is -3.04. The average molecular weight is 618 g/mol. The lowest BCUT2D eigenvalue weighted by Crippen LogP contribution is -2.46. The first-order valence-corrected chi connectivity index (χ1v) is 19.3. The predicted molar refractivity (Wildman–Crippen MR) is 178 cm³/mol. The number of H-pyrrole nitrogens is 1. The van der Waals surface area contributed by atoms with Gasteiger partial charge in [0.15, 0.2) is 8.32 Å². The maximum Gasteiger partial charge on any atom is 0.230 e. The number of aromatic nitrogens is 4. The van der Waals surface area contributed by atoms with Crippen LogP contribution in [0, 0.1) is 18.8 Å². The number of nitrogens with one attached hydrogen (secondary N) is 1. The third-order valence-corrected chi connectivity index (χ3v) is 15.0. The molecule has 9 heteroatoms. The number of benzene rings is 2. The summed E-state index contributed by atoms with van der Waals surface area (Å²) in [5.41, 5.74) is 4.37. The standard InChI is InChI=1S/C35H51N5O3Si/c1-24-21-28(17-20-32(24)42-5)26-13-11-25(12-14-26)23-40(30-10-8-9-29(22-30)33-36-38-39-37-33)34(41)27-15-18-31(19-16-27)43-44(6,7)35(2,3)4/h8-10,17,20-22,25-27,31H,11-16,18-19,23H2,1-7H3,(H,36,37,38,39)/t25-,26-,27?,31?. The fourth-order valence-electron chi connectivity index (χ4n) is 6.75. The SMILES string of the molecule is COc1ccc([C@H]2CC[C@H](CN(C(=O)C3CCC(O[Si](C)(C)C(C)(C)C)CC3)c3cccc(-c4nn[nH]n4)c3)CC2)cc1C. The molecule has 5 rings (SSSR count). The van der Waals surface area contributed by atoms with Crippen molar-refractivity contribution in [2.24, 2.45) is 11.8 Å². The fraction of sp³-hybridized carbons (Fsp3) is 0.600. The van der Waals surface area contributed by atoms with Crippen LogP contribution in [0.4, 0.5) is 5.69 Å². The molecule has 0 radical (unpaired) electrons. The Kier molecular flexibility index (Phi) is 9.95. The number of aryl methyl sites for hydroxylation is 1. The van der Waals surface area contributed by atoms with Gasteiger partial charge in [0.1, 0.15) is 5.75 Å². The van der Waals surface area contributed by atoms with Gasteiger partial charge in [0.25, 0.3) is 0 Å². The molecule has 0 spiro atoms. The van der Waals surface area contributed by atoms with Crippen LogP contribution in [0.1, 0.15) is 89.2 Å². The second-order valence-electron chi connectivity index (χ2n) is 14.5. The molecule has 0 saturated heterocycles. The number of carbonyl (C=O) groups is 1. The Bertz CT molecular complexity index is 1390. The molecule has 1 heterocycles. The van der Waals surface area contributed by atoms with Gasteiger partial charge < -0.3 is 14.1 Å². The summed E-state index contributed by atoms with van der Waals surface area (Å²) in [4.78, 5) is 16.4. The minimum absolute atomic E-state index is 0.0155. The lowest BCUT2D eigenvalue weighted by Gasteiger charge is -2.41. The number of carbonyl (C=O) groups excluding carboxylic acids is 1. The number of nitrogens with zero attached hydrogens (tertiary/aromatic N) is 4. The number of aromatic amines is 1. The maximum atomic E-state index is 14.3. The number of tetrazole rings is 1. The van der Waals surface area contributed by atoms with Crippen LogP contribution < -0.4 is 9.64 Å². The van der Waals surface area contributed by atoms with E-state index in [0.29, 0.717) is 17.7 Å². The Morgan fingerprint density at radius 2 is 1.73 bits per heavy atom. The van der Waals surface area contributed by atoms with Crippen LogP contribution in [0.2, 0.25) is 18.1 Å². The van der Waals surface area contributed by atoms with Crippen molar-refractivity contribution in [2.75, 3.05) is 18.6 Å². The molecular weight excluding hydrogens is 567 g/mol. The molecule has 2 aliphatic carbocycles. The minimum Gasteiger partial charge on any atom is -0.496 e. The molecule has 3 aromatic rings. The molecule has 8 nitrogen and oxygen atoms in total. The number of anilines is 1.